The van der Waals surface area contributed by atoms with Crippen LogP contribution < -0.4 is 14.9 Å². The third-order valence-electron chi connectivity index (χ3n) is 4.83. The Balaban J connectivity index is 1.33. The summed E-state index contributed by atoms with van der Waals surface area (Å²) >= 11 is 0. The van der Waals surface area contributed by atoms with Gasteiger partial charge >= 0.3 is 0 Å². The van der Waals surface area contributed by atoms with Crippen LogP contribution in [-0.2, 0) is 13.2 Å². The summed E-state index contributed by atoms with van der Waals surface area (Å²) in [6.07, 6.45) is 0. The average Bonchev–Trinajstić information content (AvgIpc) is 3.24. The van der Waals surface area contributed by atoms with E-state index in [1.807, 2.05) is 67.6 Å². The molecule has 0 fully saturated rings. The lowest BCUT2D eigenvalue weighted by atomic mass is 10.1. The molecule has 0 atom stereocenters. The first-order valence-corrected chi connectivity index (χ1v) is 10.1. The number of methoxy groups -OCH3 is 1. The van der Waals surface area contributed by atoms with Crippen LogP contribution in [0.25, 0.3) is 11.0 Å². The number of hydrogen-bond donors (Lipinski definition) is 1. The second-order valence-corrected chi connectivity index (χ2v) is 7.16. The molecule has 0 saturated carbocycles. The molecule has 0 saturated heterocycles. The molecule has 8 heteroatoms. The van der Waals surface area contributed by atoms with Gasteiger partial charge in [-0.3, -0.25) is 4.79 Å². The molecule has 1 heterocycles. The SMILES string of the molecule is COc1ccccc1OCc1ccc(C(=O)NN=C(C)Cn2nnc3ccccc32)cc1. The van der Waals surface area contributed by atoms with Crippen molar-refractivity contribution in [3.05, 3.63) is 83.9 Å². The molecular formula is C24H23N5O3. The summed E-state index contributed by atoms with van der Waals surface area (Å²) in [5, 5.41) is 12.4. The fraction of sp³-hybridized carbons (Fsp3) is 0.167. The third kappa shape index (κ3) is 4.92. The summed E-state index contributed by atoms with van der Waals surface area (Å²) in [6.45, 7) is 2.63. The van der Waals surface area contributed by atoms with Gasteiger partial charge in [-0.15, -0.1) is 5.10 Å². The number of benzene rings is 3. The fourth-order valence-corrected chi connectivity index (χ4v) is 3.15. The smallest absolute Gasteiger partial charge is 0.271 e. The minimum atomic E-state index is -0.287. The number of hydrazone groups is 1. The first-order chi connectivity index (χ1) is 15.6. The highest BCUT2D eigenvalue weighted by Gasteiger charge is 2.08. The maximum atomic E-state index is 12.4. The van der Waals surface area contributed by atoms with Gasteiger partial charge in [0.15, 0.2) is 11.5 Å². The third-order valence-corrected chi connectivity index (χ3v) is 4.83. The molecule has 4 rings (SSSR count). The topological polar surface area (TPSA) is 90.6 Å². The standard InChI is InChI=1S/C24H23N5O3/c1-17(15-29-21-8-4-3-7-20(21)26-28-29)25-27-24(30)19-13-11-18(12-14-19)16-32-23-10-6-5-9-22(23)31-2/h3-14H,15-16H2,1-2H3,(H,27,30). The molecule has 0 bridgehead atoms. The maximum absolute atomic E-state index is 12.4. The zero-order chi connectivity index (χ0) is 22.3. The molecule has 0 spiro atoms. The van der Waals surface area contributed by atoms with Gasteiger partial charge in [-0.1, -0.05) is 41.6 Å². The number of aromatic nitrogens is 3. The Morgan fingerprint density at radius 1 is 1.00 bits per heavy atom. The van der Waals surface area contributed by atoms with E-state index in [1.165, 1.54) is 0 Å². The maximum Gasteiger partial charge on any atom is 0.271 e. The second kappa shape index (κ2) is 9.74. The van der Waals surface area contributed by atoms with Crippen molar-refractivity contribution in [1.82, 2.24) is 20.4 Å². The van der Waals surface area contributed by atoms with Crippen LogP contribution in [0, 0.1) is 0 Å². The number of para-hydroxylation sites is 3. The van der Waals surface area contributed by atoms with Gasteiger partial charge in [-0.25, -0.2) is 10.1 Å². The van der Waals surface area contributed by atoms with Crippen molar-refractivity contribution in [3.8, 4) is 11.5 Å². The Bertz CT molecular complexity index is 1250. The Labute approximate surface area is 185 Å². The summed E-state index contributed by atoms with van der Waals surface area (Å²) in [5.41, 5.74) is 6.47. The minimum absolute atomic E-state index is 0.287. The van der Waals surface area contributed by atoms with E-state index in [-0.39, 0.29) is 5.91 Å². The summed E-state index contributed by atoms with van der Waals surface area (Å²) < 4.78 is 12.8. The molecule has 1 aromatic heterocycles. The Morgan fingerprint density at radius 3 is 2.50 bits per heavy atom. The van der Waals surface area contributed by atoms with Crippen molar-refractivity contribution in [2.75, 3.05) is 7.11 Å². The predicted molar refractivity (Wildman–Crippen MR) is 122 cm³/mol. The van der Waals surface area contributed by atoms with Gasteiger partial charge in [0.1, 0.15) is 12.1 Å². The van der Waals surface area contributed by atoms with Gasteiger partial charge in [-0.05, 0) is 48.9 Å². The van der Waals surface area contributed by atoms with E-state index >= 15 is 0 Å². The number of nitrogens with zero attached hydrogens (tertiary/aromatic N) is 4. The lowest BCUT2D eigenvalue weighted by Crippen LogP contribution is -2.20. The number of amides is 1. The molecule has 0 aliphatic carbocycles. The van der Waals surface area contributed by atoms with Crippen LogP contribution in [0.15, 0.2) is 77.9 Å². The second-order valence-electron chi connectivity index (χ2n) is 7.16. The average molecular weight is 429 g/mol. The molecule has 32 heavy (non-hydrogen) atoms. The van der Waals surface area contributed by atoms with Crippen LogP contribution >= 0.6 is 0 Å². The Morgan fingerprint density at radius 2 is 1.72 bits per heavy atom. The zero-order valence-electron chi connectivity index (χ0n) is 17.9. The summed E-state index contributed by atoms with van der Waals surface area (Å²) in [6, 6.07) is 22.3. The first kappa shape index (κ1) is 21.0. The Kier molecular flexibility index (Phi) is 6.41. The zero-order valence-corrected chi connectivity index (χ0v) is 17.9. The number of hydrogen-bond acceptors (Lipinski definition) is 6. The monoisotopic (exact) mass is 429 g/mol. The van der Waals surface area contributed by atoms with E-state index in [1.54, 1.807) is 23.9 Å². The van der Waals surface area contributed by atoms with Crippen molar-refractivity contribution >= 4 is 22.7 Å². The highest BCUT2D eigenvalue weighted by molar-refractivity contribution is 5.95. The molecule has 0 aliphatic heterocycles. The molecule has 8 nitrogen and oxygen atoms in total. The predicted octanol–water partition coefficient (Wildman–Crippen LogP) is 3.82. The highest BCUT2D eigenvalue weighted by Crippen LogP contribution is 2.26. The highest BCUT2D eigenvalue weighted by atomic mass is 16.5. The van der Waals surface area contributed by atoms with E-state index in [4.69, 9.17) is 9.47 Å². The summed E-state index contributed by atoms with van der Waals surface area (Å²) in [5.74, 6) is 1.06. The van der Waals surface area contributed by atoms with Crippen LogP contribution in [0.1, 0.15) is 22.8 Å². The van der Waals surface area contributed by atoms with Crippen molar-refractivity contribution in [3.63, 3.8) is 0 Å². The van der Waals surface area contributed by atoms with Crippen LogP contribution in [0.5, 0.6) is 11.5 Å². The normalized spacial score (nSPS) is 11.4. The van der Waals surface area contributed by atoms with Gasteiger partial charge < -0.3 is 9.47 Å². The van der Waals surface area contributed by atoms with E-state index in [2.05, 4.69) is 20.8 Å². The number of fused-ring (bicyclic) bond motifs is 1. The van der Waals surface area contributed by atoms with E-state index in [0.717, 1.165) is 16.6 Å². The van der Waals surface area contributed by atoms with Gasteiger partial charge in [-0.2, -0.15) is 5.10 Å². The minimum Gasteiger partial charge on any atom is -0.493 e. The summed E-state index contributed by atoms with van der Waals surface area (Å²) in [4.78, 5) is 12.4. The molecule has 1 amide bonds. The number of carbonyl (C=O) groups is 1. The van der Waals surface area contributed by atoms with Gasteiger partial charge in [0.25, 0.3) is 5.91 Å². The molecule has 0 unspecified atom stereocenters. The van der Waals surface area contributed by atoms with E-state index < -0.39 is 0 Å². The number of carbonyl (C=O) groups excluding carboxylic acids is 1. The molecule has 4 aromatic rings. The summed E-state index contributed by atoms with van der Waals surface area (Å²) in [7, 11) is 1.61. The quantitative estimate of drug-likeness (QED) is 0.340. The fourth-order valence-electron chi connectivity index (χ4n) is 3.15. The number of nitrogens with one attached hydrogen (secondary N) is 1. The molecule has 1 N–H and O–H groups in total. The van der Waals surface area contributed by atoms with Crippen LogP contribution in [-0.4, -0.2) is 33.7 Å². The molecule has 3 aromatic carbocycles. The van der Waals surface area contributed by atoms with Crippen molar-refractivity contribution in [2.24, 2.45) is 5.10 Å². The number of rotatable bonds is 8. The van der Waals surface area contributed by atoms with Gasteiger partial charge in [0, 0.05) is 5.56 Å². The van der Waals surface area contributed by atoms with Crippen molar-refractivity contribution < 1.29 is 14.3 Å². The van der Waals surface area contributed by atoms with Crippen LogP contribution in [0.3, 0.4) is 0 Å². The lowest BCUT2D eigenvalue weighted by Gasteiger charge is -2.10. The molecular weight excluding hydrogens is 406 g/mol. The van der Waals surface area contributed by atoms with Gasteiger partial charge in [0.05, 0.1) is 24.9 Å². The van der Waals surface area contributed by atoms with Crippen molar-refractivity contribution in [1.29, 1.82) is 0 Å². The van der Waals surface area contributed by atoms with E-state index in [9.17, 15) is 4.79 Å². The van der Waals surface area contributed by atoms with E-state index in [0.29, 0.717) is 35.9 Å². The lowest BCUT2D eigenvalue weighted by molar-refractivity contribution is 0.0954. The Hall–Kier alpha value is -4.20. The molecule has 0 radical (unpaired) electrons. The number of ether oxygens (including phenoxy) is 2. The largest absolute Gasteiger partial charge is 0.493 e. The van der Waals surface area contributed by atoms with Crippen LogP contribution in [0.2, 0.25) is 0 Å². The van der Waals surface area contributed by atoms with Crippen LogP contribution in [0.4, 0.5) is 0 Å². The molecule has 0 aliphatic rings. The van der Waals surface area contributed by atoms with Crippen molar-refractivity contribution in [2.45, 2.75) is 20.1 Å². The first-order valence-electron chi connectivity index (χ1n) is 10.1. The van der Waals surface area contributed by atoms with Gasteiger partial charge in [0.2, 0.25) is 0 Å². The molecule has 162 valence electrons.